The largest absolute Gasteiger partial charge is 0.494 e. The second kappa shape index (κ2) is 8.25. The Balaban J connectivity index is 1.92. The minimum absolute atomic E-state index is 0.0778. The SMILES string of the molecule is CCOc1ccc(C2=C(SCCO)C(=O)N(Cc3ccco3)C2=O)cc1. The van der Waals surface area contributed by atoms with Crippen molar-refractivity contribution in [3.05, 3.63) is 58.9 Å². The van der Waals surface area contributed by atoms with Crippen LogP contribution in [0.15, 0.2) is 52.0 Å². The number of aliphatic hydroxyl groups excluding tert-OH is 1. The Kier molecular flexibility index (Phi) is 5.80. The first-order valence-corrected chi connectivity index (χ1v) is 9.24. The average Bonchev–Trinajstić information content (AvgIpc) is 3.24. The van der Waals surface area contributed by atoms with Crippen molar-refractivity contribution in [2.75, 3.05) is 19.0 Å². The van der Waals surface area contributed by atoms with E-state index in [1.165, 1.54) is 22.9 Å². The van der Waals surface area contributed by atoms with Gasteiger partial charge >= 0.3 is 0 Å². The van der Waals surface area contributed by atoms with Crippen LogP contribution < -0.4 is 4.74 Å². The molecule has 0 saturated carbocycles. The number of rotatable bonds is 8. The zero-order valence-electron chi connectivity index (χ0n) is 14.3. The quantitative estimate of drug-likeness (QED) is 0.717. The molecule has 136 valence electrons. The molecule has 0 atom stereocenters. The third-order valence-electron chi connectivity index (χ3n) is 3.81. The van der Waals surface area contributed by atoms with E-state index in [9.17, 15) is 9.59 Å². The fourth-order valence-electron chi connectivity index (χ4n) is 2.68. The zero-order chi connectivity index (χ0) is 18.5. The monoisotopic (exact) mass is 373 g/mol. The standard InChI is InChI=1S/C19H19NO5S/c1-2-24-14-7-5-13(6-8-14)16-17(26-11-9-21)19(23)20(18(16)22)12-15-4-3-10-25-15/h3-8,10,21H,2,9,11-12H2,1H3. The summed E-state index contributed by atoms with van der Waals surface area (Å²) in [5.41, 5.74) is 0.997. The van der Waals surface area contributed by atoms with Gasteiger partial charge in [-0.2, -0.15) is 0 Å². The summed E-state index contributed by atoms with van der Waals surface area (Å²) in [5.74, 6) is 0.838. The maximum Gasteiger partial charge on any atom is 0.268 e. The molecule has 2 aromatic rings. The van der Waals surface area contributed by atoms with Crippen LogP contribution in [0.5, 0.6) is 5.75 Å². The Morgan fingerprint density at radius 3 is 2.54 bits per heavy atom. The summed E-state index contributed by atoms with van der Waals surface area (Å²) in [5, 5.41) is 9.12. The van der Waals surface area contributed by atoms with Gasteiger partial charge in [-0.15, -0.1) is 11.8 Å². The first kappa shape index (κ1) is 18.3. The van der Waals surface area contributed by atoms with Crippen LogP contribution in [0.4, 0.5) is 0 Å². The van der Waals surface area contributed by atoms with Gasteiger partial charge in [-0.05, 0) is 36.8 Å². The van der Waals surface area contributed by atoms with Crippen molar-refractivity contribution in [3.8, 4) is 5.75 Å². The molecule has 2 heterocycles. The number of carbonyl (C=O) groups excluding carboxylic acids is 2. The molecule has 0 saturated heterocycles. The first-order chi connectivity index (χ1) is 12.7. The van der Waals surface area contributed by atoms with Crippen LogP contribution in [0.3, 0.4) is 0 Å². The fourth-order valence-corrected chi connectivity index (χ4v) is 3.56. The second-order valence-corrected chi connectivity index (χ2v) is 6.61. The Bertz CT molecular complexity index is 811. The summed E-state index contributed by atoms with van der Waals surface area (Å²) >= 11 is 1.19. The lowest BCUT2D eigenvalue weighted by Crippen LogP contribution is -2.30. The minimum Gasteiger partial charge on any atom is -0.494 e. The Hall–Kier alpha value is -2.51. The van der Waals surface area contributed by atoms with Gasteiger partial charge in [0, 0.05) is 5.75 Å². The van der Waals surface area contributed by atoms with Crippen LogP contribution in [0.25, 0.3) is 5.57 Å². The predicted octanol–water partition coefficient (Wildman–Crippen LogP) is 2.68. The van der Waals surface area contributed by atoms with Crippen molar-refractivity contribution in [1.82, 2.24) is 4.90 Å². The molecule has 1 aromatic carbocycles. The number of amides is 2. The topological polar surface area (TPSA) is 80.0 Å². The molecule has 2 amide bonds. The van der Waals surface area contributed by atoms with Crippen molar-refractivity contribution in [2.45, 2.75) is 13.5 Å². The summed E-state index contributed by atoms with van der Waals surface area (Å²) in [6, 6.07) is 10.5. The lowest BCUT2D eigenvalue weighted by atomic mass is 10.1. The highest BCUT2D eigenvalue weighted by Crippen LogP contribution is 2.37. The maximum absolute atomic E-state index is 12.9. The van der Waals surface area contributed by atoms with Gasteiger partial charge in [0.05, 0.1) is 36.5 Å². The van der Waals surface area contributed by atoms with Crippen LogP contribution in [0.2, 0.25) is 0 Å². The van der Waals surface area contributed by atoms with E-state index in [0.29, 0.717) is 39.9 Å². The minimum atomic E-state index is -0.367. The number of hydrogen-bond donors (Lipinski definition) is 1. The van der Waals surface area contributed by atoms with Gasteiger partial charge in [-0.25, -0.2) is 0 Å². The lowest BCUT2D eigenvalue weighted by Gasteiger charge is -2.13. The number of aliphatic hydroxyl groups is 1. The number of nitrogens with zero attached hydrogens (tertiary/aromatic N) is 1. The number of carbonyl (C=O) groups is 2. The van der Waals surface area contributed by atoms with E-state index in [0.717, 1.165) is 0 Å². The van der Waals surface area contributed by atoms with Crippen molar-refractivity contribution in [3.63, 3.8) is 0 Å². The predicted molar refractivity (Wildman–Crippen MR) is 98.3 cm³/mol. The van der Waals surface area contributed by atoms with Crippen molar-refractivity contribution < 1.29 is 23.8 Å². The van der Waals surface area contributed by atoms with Crippen LogP contribution in [-0.4, -0.2) is 40.8 Å². The summed E-state index contributed by atoms with van der Waals surface area (Å²) in [6.45, 7) is 2.44. The summed E-state index contributed by atoms with van der Waals surface area (Å²) < 4.78 is 10.7. The molecule has 0 radical (unpaired) electrons. The lowest BCUT2D eigenvalue weighted by molar-refractivity contribution is -0.137. The van der Waals surface area contributed by atoms with Crippen molar-refractivity contribution >= 4 is 29.1 Å². The van der Waals surface area contributed by atoms with Gasteiger partial charge in [0.25, 0.3) is 11.8 Å². The molecule has 0 unspecified atom stereocenters. The molecule has 1 aliphatic heterocycles. The van der Waals surface area contributed by atoms with Gasteiger partial charge in [0.2, 0.25) is 0 Å². The molecule has 7 heteroatoms. The average molecular weight is 373 g/mol. The van der Waals surface area contributed by atoms with Crippen LogP contribution >= 0.6 is 11.8 Å². The Labute approximate surface area is 155 Å². The molecule has 1 N–H and O–H groups in total. The molecule has 6 nitrogen and oxygen atoms in total. The molecule has 26 heavy (non-hydrogen) atoms. The van der Waals surface area contributed by atoms with E-state index in [4.69, 9.17) is 14.3 Å². The highest BCUT2D eigenvalue weighted by atomic mass is 32.2. The number of hydrogen-bond acceptors (Lipinski definition) is 6. The second-order valence-electron chi connectivity index (χ2n) is 5.51. The normalized spacial score (nSPS) is 14.5. The van der Waals surface area contributed by atoms with E-state index in [1.54, 1.807) is 36.4 Å². The molecule has 3 rings (SSSR count). The van der Waals surface area contributed by atoms with E-state index >= 15 is 0 Å². The van der Waals surface area contributed by atoms with E-state index in [2.05, 4.69) is 0 Å². The van der Waals surface area contributed by atoms with E-state index < -0.39 is 0 Å². The number of thioether (sulfide) groups is 1. The first-order valence-electron chi connectivity index (χ1n) is 8.25. The summed E-state index contributed by atoms with van der Waals surface area (Å²) in [4.78, 5) is 27.2. The molecular formula is C19H19NO5S. The molecule has 0 bridgehead atoms. The summed E-state index contributed by atoms with van der Waals surface area (Å²) in [7, 11) is 0. The van der Waals surface area contributed by atoms with Gasteiger partial charge in [0.1, 0.15) is 11.5 Å². The summed E-state index contributed by atoms with van der Waals surface area (Å²) in [6.07, 6.45) is 1.50. The van der Waals surface area contributed by atoms with Gasteiger partial charge < -0.3 is 14.3 Å². The smallest absolute Gasteiger partial charge is 0.268 e. The highest BCUT2D eigenvalue weighted by Gasteiger charge is 2.39. The molecule has 0 aliphatic carbocycles. The molecule has 0 spiro atoms. The number of benzene rings is 1. The number of ether oxygens (including phenoxy) is 1. The number of furan rings is 1. The fraction of sp³-hybridized carbons (Fsp3) is 0.263. The van der Waals surface area contributed by atoms with Crippen LogP contribution in [0, 0.1) is 0 Å². The van der Waals surface area contributed by atoms with Crippen LogP contribution in [0.1, 0.15) is 18.2 Å². The van der Waals surface area contributed by atoms with Crippen molar-refractivity contribution in [1.29, 1.82) is 0 Å². The van der Waals surface area contributed by atoms with E-state index in [-0.39, 0.29) is 25.0 Å². The van der Waals surface area contributed by atoms with Gasteiger partial charge in [0.15, 0.2) is 0 Å². The van der Waals surface area contributed by atoms with E-state index in [1.807, 2.05) is 6.92 Å². The third-order valence-corrected chi connectivity index (χ3v) is 4.87. The maximum atomic E-state index is 12.9. The molecule has 0 fully saturated rings. The number of imide groups is 1. The highest BCUT2D eigenvalue weighted by molar-refractivity contribution is 8.04. The zero-order valence-corrected chi connectivity index (χ0v) is 15.1. The third kappa shape index (κ3) is 3.68. The Morgan fingerprint density at radius 2 is 1.92 bits per heavy atom. The molecular weight excluding hydrogens is 354 g/mol. The van der Waals surface area contributed by atoms with Crippen LogP contribution in [-0.2, 0) is 16.1 Å². The van der Waals surface area contributed by atoms with Crippen molar-refractivity contribution in [2.24, 2.45) is 0 Å². The van der Waals surface area contributed by atoms with Gasteiger partial charge in [-0.1, -0.05) is 12.1 Å². The Morgan fingerprint density at radius 1 is 1.15 bits per heavy atom. The van der Waals surface area contributed by atoms with Gasteiger partial charge in [-0.3, -0.25) is 14.5 Å². The molecule has 1 aliphatic rings. The molecule has 1 aromatic heterocycles.